The summed E-state index contributed by atoms with van der Waals surface area (Å²) in [6.45, 7) is 1.78. The fourth-order valence-corrected chi connectivity index (χ4v) is 3.82. The molecule has 0 aliphatic carbocycles. The van der Waals surface area contributed by atoms with Gasteiger partial charge in [0.2, 0.25) is 0 Å². The Morgan fingerprint density at radius 3 is 2.80 bits per heavy atom. The van der Waals surface area contributed by atoms with Crippen LogP contribution in [0.4, 0.5) is 4.39 Å². The van der Waals surface area contributed by atoms with E-state index in [4.69, 9.17) is 0 Å². The van der Waals surface area contributed by atoms with Crippen molar-refractivity contribution in [3.8, 4) is 0 Å². The van der Waals surface area contributed by atoms with E-state index in [1.165, 1.54) is 23.5 Å². The van der Waals surface area contributed by atoms with Gasteiger partial charge in [0.15, 0.2) is 5.78 Å². The summed E-state index contributed by atoms with van der Waals surface area (Å²) in [6.07, 6.45) is 0. The van der Waals surface area contributed by atoms with Crippen molar-refractivity contribution in [2.75, 3.05) is 0 Å². The molecule has 0 bridgehead atoms. The summed E-state index contributed by atoms with van der Waals surface area (Å²) in [6, 6.07) is 10.2. The SMILES string of the molecule is Cc1cc(F)cc(C(=O)c2csc3c(Br)cccc23)c1. The molecular weight excluding hydrogens is 339 g/mol. The van der Waals surface area contributed by atoms with E-state index >= 15 is 0 Å². The predicted octanol–water partition coefficient (Wildman–Crippen LogP) is 5.34. The fraction of sp³-hybridized carbons (Fsp3) is 0.0625. The summed E-state index contributed by atoms with van der Waals surface area (Å²) in [5, 5.41) is 2.73. The van der Waals surface area contributed by atoms with E-state index in [0.29, 0.717) is 11.1 Å². The Kier molecular flexibility index (Phi) is 3.44. The number of hydrogen-bond donors (Lipinski definition) is 0. The lowest BCUT2D eigenvalue weighted by molar-refractivity contribution is 0.104. The molecule has 4 heteroatoms. The van der Waals surface area contributed by atoms with Gasteiger partial charge in [-0.2, -0.15) is 0 Å². The number of benzene rings is 2. The maximum absolute atomic E-state index is 13.5. The zero-order valence-corrected chi connectivity index (χ0v) is 13.0. The first-order valence-corrected chi connectivity index (χ1v) is 7.71. The highest BCUT2D eigenvalue weighted by atomic mass is 79.9. The van der Waals surface area contributed by atoms with E-state index in [9.17, 15) is 9.18 Å². The predicted molar refractivity (Wildman–Crippen MR) is 84.1 cm³/mol. The van der Waals surface area contributed by atoms with Crippen LogP contribution in [0.25, 0.3) is 10.1 Å². The quantitative estimate of drug-likeness (QED) is 0.571. The first kappa shape index (κ1) is 13.5. The van der Waals surface area contributed by atoms with Gasteiger partial charge in [0.05, 0.1) is 0 Å². The van der Waals surface area contributed by atoms with Crippen LogP contribution in [-0.2, 0) is 0 Å². The summed E-state index contributed by atoms with van der Waals surface area (Å²) in [4.78, 5) is 12.6. The van der Waals surface area contributed by atoms with Crippen LogP contribution >= 0.6 is 27.3 Å². The molecule has 1 heterocycles. The molecule has 100 valence electrons. The number of aryl methyl sites for hydroxylation is 1. The van der Waals surface area contributed by atoms with E-state index in [-0.39, 0.29) is 11.6 Å². The number of thiophene rings is 1. The molecule has 1 nitrogen and oxygen atoms in total. The number of hydrogen-bond acceptors (Lipinski definition) is 2. The molecule has 0 unspecified atom stereocenters. The molecule has 3 aromatic rings. The number of halogens is 2. The number of carbonyl (C=O) groups excluding carboxylic acids is 1. The zero-order chi connectivity index (χ0) is 14.3. The van der Waals surface area contributed by atoms with Crippen molar-refractivity contribution in [3.05, 3.63) is 68.8 Å². The van der Waals surface area contributed by atoms with E-state index in [1.807, 2.05) is 23.6 Å². The maximum atomic E-state index is 13.5. The van der Waals surface area contributed by atoms with Gasteiger partial charge >= 0.3 is 0 Å². The summed E-state index contributed by atoms with van der Waals surface area (Å²) >= 11 is 4.99. The third-order valence-corrected chi connectivity index (χ3v) is 5.05. The van der Waals surface area contributed by atoms with Gasteiger partial charge < -0.3 is 0 Å². The Morgan fingerprint density at radius 1 is 1.25 bits per heavy atom. The van der Waals surface area contributed by atoms with Crippen molar-refractivity contribution in [2.45, 2.75) is 6.92 Å². The van der Waals surface area contributed by atoms with Crippen molar-refractivity contribution in [1.82, 2.24) is 0 Å². The molecule has 0 atom stereocenters. The molecular formula is C16H10BrFOS. The minimum absolute atomic E-state index is 0.142. The molecule has 3 rings (SSSR count). The van der Waals surface area contributed by atoms with Crippen LogP contribution in [0.2, 0.25) is 0 Å². The zero-order valence-electron chi connectivity index (χ0n) is 10.6. The molecule has 20 heavy (non-hydrogen) atoms. The van der Waals surface area contributed by atoms with Crippen molar-refractivity contribution < 1.29 is 9.18 Å². The normalized spacial score (nSPS) is 10.9. The van der Waals surface area contributed by atoms with Crippen LogP contribution < -0.4 is 0 Å². The Balaban J connectivity index is 2.15. The van der Waals surface area contributed by atoms with Crippen molar-refractivity contribution in [3.63, 3.8) is 0 Å². The molecule has 0 saturated carbocycles. The molecule has 0 amide bonds. The Labute approximate surface area is 128 Å². The molecule has 0 aliphatic heterocycles. The molecule has 0 spiro atoms. The standard InChI is InChI=1S/C16H10BrFOS/c1-9-5-10(7-11(18)6-9)15(19)13-8-20-16-12(13)3-2-4-14(16)17/h2-8H,1H3. The maximum Gasteiger partial charge on any atom is 0.194 e. The van der Waals surface area contributed by atoms with E-state index in [1.54, 1.807) is 13.0 Å². The van der Waals surface area contributed by atoms with E-state index in [2.05, 4.69) is 15.9 Å². The summed E-state index contributed by atoms with van der Waals surface area (Å²) < 4.78 is 15.4. The van der Waals surface area contributed by atoms with Gasteiger partial charge in [-0.3, -0.25) is 4.79 Å². The van der Waals surface area contributed by atoms with Crippen LogP contribution in [0.15, 0.2) is 46.3 Å². The van der Waals surface area contributed by atoms with Gasteiger partial charge in [0.25, 0.3) is 0 Å². The van der Waals surface area contributed by atoms with Crippen LogP contribution in [0, 0.1) is 12.7 Å². The van der Waals surface area contributed by atoms with Crippen molar-refractivity contribution in [2.24, 2.45) is 0 Å². The fourth-order valence-electron chi connectivity index (χ4n) is 2.22. The Hall–Kier alpha value is -1.52. The minimum atomic E-state index is -0.380. The van der Waals surface area contributed by atoms with Gasteiger partial charge in [0.1, 0.15) is 5.82 Å². The van der Waals surface area contributed by atoms with Gasteiger partial charge in [-0.25, -0.2) is 4.39 Å². The minimum Gasteiger partial charge on any atom is -0.289 e. The molecule has 0 aliphatic rings. The number of ketones is 1. The monoisotopic (exact) mass is 348 g/mol. The van der Waals surface area contributed by atoms with Gasteiger partial charge in [-0.1, -0.05) is 12.1 Å². The van der Waals surface area contributed by atoms with Gasteiger partial charge in [0, 0.05) is 31.1 Å². The highest BCUT2D eigenvalue weighted by Gasteiger charge is 2.16. The second kappa shape index (κ2) is 5.11. The van der Waals surface area contributed by atoms with E-state index < -0.39 is 0 Å². The lowest BCUT2D eigenvalue weighted by Crippen LogP contribution is -2.01. The second-order valence-electron chi connectivity index (χ2n) is 4.61. The smallest absolute Gasteiger partial charge is 0.194 e. The van der Waals surface area contributed by atoms with Crippen molar-refractivity contribution >= 4 is 43.1 Å². The summed E-state index contributed by atoms with van der Waals surface area (Å²) in [5.74, 6) is -0.522. The molecule has 0 saturated heterocycles. The number of fused-ring (bicyclic) bond motifs is 1. The number of rotatable bonds is 2. The highest BCUT2D eigenvalue weighted by molar-refractivity contribution is 9.10. The van der Waals surface area contributed by atoms with Crippen LogP contribution in [-0.4, -0.2) is 5.78 Å². The Bertz CT molecular complexity index is 802. The molecule has 1 aromatic heterocycles. The Morgan fingerprint density at radius 2 is 2.05 bits per heavy atom. The summed E-state index contributed by atoms with van der Waals surface area (Å²) in [5.41, 5.74) is 1.76. The second-order valence-corrected chi connectivity index (χ2v) is 6.35. The van der Waals surface area contributed by atoms with Gasteiger partial charge in [-0.05, 0) is 52.7 Å². The van der Waals surface area contributed by atoms with Crippen LogP contribution in [0.3, 0.4) is 0 Å². The average Bonchev–Trinajstić information content (AvgIpc) is 2.82. The molecule has 2 aromatic carbocycles. The van der Waals surface area contributed by atoms with Crippen LogP contribution in [0.5, 0.6) is 0 Å². The van der Waals surface area contributed by atoms with E-state index in [0.717, 1.165) is 20.1 Å². The first-order chi connectivity index (χ1) is 9.56. The lowest BCUT2D eigenvalue weighted by Gasteiger charge is -2.02. The number of carbonyl (C=O) groups is 1. The molecule has 0 radical (unpaired) electrons. The molecule has 0 N–H and O–H groups in total. The van der Waals surface area contributed by atoms with Crippen LogP contribution in [0.1, 0.15) is 21.5 Å². The average molecular weight is 349 g/mol. The topological polar surface area (TPSA) is 17.1 Å². The van der Waals surface area contributed by atoms with Crippen molar-refractivity contribution in [1.29, 1.82) is 0 Å². The third-order valence-electron chi connectivity index (χ3n) is 3.10. The first-order valence-electron chi connectivity index (χ1n) is 6.04. The summed E-state index contributed by atoms with van der Waals surface area (Å²) in [7, 11) is 0. The highest BCUT2D eigenvalue weighted by Crippen LogP contribution is 2.33. The van der Waals surface area contributed by atoms with Gasteiger partial charge in [-0.15, -0.1) is 11.3 Å². The lowest BCUT2D eigenvalue weighted by atomic mass is 10.0. The molecule has 0 fully saturated rings. The largest absolute Gasteiger partial charge is 0.289 e. The third kappa shape index (κ3) is 2.30.